The number of hydrogen-bond acceptors (Lipinski definition) is 5. The summed E-state index contributed by atoms with van der Waals surface area (Å²) in [5, 5.41) is 22.1. The highest BCUT2D eigenvalue weighted by molar-refractivity contribution is 5.80. The number of esters is 1. The van der Waals surface area contributed by atoms with E-state index in [2.05, 4.69) is 60.6 Å². The molecule has 10 unspecified atom stereocenters. The topological polar surface area (TPSA) is 93.1 Å². The Balaban J connectivity index is 1.30. The molecule has 0 amide bonds. The van der Waals surface area contributed by atoms with E-state index in [0.717, 1.165) is 44.9 Å². The fraction of sp³-hybridized carbons (Fsp3) is 0.800. The first-order valence-corrected chi connectivity index (χ1v) is 18.1. The number of ether oxygens (including phenoxy) is 2. The minimum absolute atomic E-state index is 0.0579. The average molecular weight is 637 g/mol. The van der Waals surface area contributed by atoms with Crippen molar-refractivity contribution in [2.24, 2.45) is 56.2 Å². The molecule has 6 heteroatoms. The standard InChI is InChI=1S/C40H60O6/c1-10-25-20-26(45-23-25)19-24(2)46-33(42)29-22-40(34(43)44)18-17-38(8)27(28(40)21-35(29,3)4)11-12-31-37(7)15-14-32(41)36(5,6)30(37)13-16-39(31,38)9/h10-11,19,26,28-32,41H,12-18,20-23H2,1-9H3,(H,43,44). The molecule has 6 aliphatic rings. The predicted molar refractivity (Wildman–Crippen MR) is 180 cm³/mol. The molecule has 46 heavy (non-hydrogen) atoms. The Kier molecular flexibility index (Phi) is 8.16. The zero-order valence-corrected chi connectivity index (χ0v) is 30.0. The molecule has 5 aliphatic carbocycles. The van der Waals surface area contributed by atoms with Gasteiger partial charge in [0.15, 0.2) is 0 Å². The molecule has 10 atom stereocenters. The maximum absolute atomic E-state index is 13.8. The maximum atomic E-state index is 13.8. The summed E-state index contributed by atoms with van der Waals surface area (Å²) in [4.78, 5) is 27.3. The van der Waals surface area contributed by atoms with Crippen molar-refractivity contribution < 1.29 is 29.3 Å². The van der Waals surface area contributed by atoms with E-state index >= 15 is 0 Å². The van der Waals surface area contributed by atoms with Gasteiger partial charge in [-0.2, -0.15) is 0 Å². The summed E-state index contributed by atoms with van der Waals surface area (Å²) in [6, 6.07) is 0. The summed E-state index contributed by atoms with van der Waals surface area (Å²) in [7, 11) is 0. The largest absolute Gasteiger partial charge is 0.481 e. The summed E-state index contributed by atoms with van der Waals surface area (Å²) < 4.78 is 11.8. The van der Waals surface area contributed by atoms with Gasteiger partial charge in [-0.25, -0.2) is 0 Å². The van der Waals surface area contributed by atoms with Gasteiger partial charge in [-0.15, -0.1) is 0 Å². The van der Waals surface area contributed by atoms with Crippen LogP contribution in [0.2, 0.25) is 0 Å². The Labute approximate surface area is 277 Å². The van der Waals surface area contributed by atoms with Gasteiger partial charge in [-0.1, -0.05) is 66.2 Å². The highest BCUT2D eigenvalue weighted by Gasteiger charge is 2.70. The lowest BCUT2D eigenvalue weighted by molar-refractivity contribution is -0.207. The van der Waals surface area contributed by atoms with Crippen LogP contribution in [0.3, 0.4) is 0 Å². The number of rotatable bonds is 4. The number of carboxylic acids is 1. The van der Waals surface area contributed by atoms with E-state index in [9.17, 15) is 19.8 Å². The van der Waals surface area contributed by atoms with Crippen molar-refractivity contribution in [3.05, 3.63) is 35.1 Å². The zero-order chi connectivity index (χ0) is 33.7. The van der Waals surface area contributed by atoms with Crippen LogP contribution in [0, 0.1) is 56.2 Å². The summed E-state index contributed by atoms with van der Waals surface area (Å²) in [5.74, 6) is -0.163. The molecule has 6 nitrogen and oxygen atoms in total. The molecule has 0 aromatic heterocycles. The second kappa shape index (κ2) is 11.1. The van der Waals surface area contributed by atoms with Crippen LogP contribution in [0.1, 0.15) is 127 Å². The van der Waals surface area contributed by atoms with Crippen LogP contribution in [0.4, 0.5) is 0 Å². The molecular formula is C40H60O6. The quantitative estimate of drug-likeness (QED) is 0.182. The normalized spacial score (nSPS) is 47.1. The van der Waals surface area contributed by atoms with Gasteiger partial charge >= 0.3 is 11.9 Å². The van der Waals surface area contributed by atoms with Gasteiger partial charge < -0.3 is 19.7 Å². The molecule has 1 aliphatic heterocycles. The Morgan fingerprint density at radius 2 is 1.70 bits per heavy atom. The molecular weight excluding hydrogens is 576 g/mol. The van der Waals surface area contributed by atoms with E-state index in [-0.39, 0.29) is 45.8 Å². The van der Waals surface area contributed by atoms with E-state index in [0.29, 0.717) is 43.5 Å². The van der Waals surface area contributed by atoms with Crippen molar-refractivity contribution in [3.63, 3.8) is 0 Å². The van der Waals surface area contributed by atoms with Crippen LogP contribution in [-0.2, 0) is 19.1 Å². The molecule has 1 heterocycles. The van der Waals surface area contributed by atoms with Crippen molar-refractivity contribution >= 4 is 11.9 Å². The van der Waals surface area contributed by atoms with Crippen LogP contribution in [0.15, 0.2) is 35.1 Å². The number of fused-ring (bicyclic) bond motifs is 7. The Morgan fingerprint density at radius 1 is 0.978 bits per heavy atom. The van der Waals surface area contributed by atoms with E-state index < -0.39 is 22.7 Å². The fourth-order valence-corrected chi connectivity index (χ4v) is 12.5. The van der Waals surface area contributed by atoms with Crippen molar-refractivity contribution in [2.75, 3.05) is 6.61 Å². The highest BCUT2D eigenvalue weighted by Crippen LogP contribution is 2.76. The molecule has 1 saturated heterocycles. The Bertz CT molecular complexity index is 1370. The number of allylic oxidation sites excluding steroid dienone is 4. The number of aliphatic hydroxyl groups excluding tert-OH is 1. The molecule has 2 N–H and O–H groups in total. The predicted octanol–water partition coefficient (Wildman–Crippen LogP) is 8.64. The van der Waals surface area contributed by atoms with Crippen molar-refractivity contribution in [1.29, 1.82) is 0 Å². The zero-order valence-electron chi connectivity index (χ0n) is 30.0. The van der Waals surface area contributed by atoms with Crippen LogP contribution < -0.4 is 0 Å². The van der Waals surface area contributed by atoms with Crippen LogP contribution in [0.5, 0.6) is 0 Å². The third kappa shape index (κ3) is 4.76. The average Bonchev–Trinajstić information content (AvgIpc) is 3.42. The minimum atomic E-state index is -0.973. The molecule has 0 aromatic rings. The van der Waals surface area contributed by atoms with E-state index in [1.165, 1.54) is 11.1 Å². The Morgan fingerprint density at radius 3 is 2.35 bits per heavy atom. The summed E-state index contributed by atoms with van der Waals surface area (Å²) >= 11 is 0. The molecule has 4 saturated carbocycles. The second-order valence-electron chi connectivity index (χ2n) is 18.3. The molecule has 0 radical (unpaired) electrons. The smallest absolute Gasteiger partial charge is 0.314 e. The lowest BCUT2D eigenvalue weighted by Crippen LogP contribution is -2.65. The van der Waals surface area contributed by atoms with E-state index in [1.807, 2.05) is 13.0 Å². The number of aliphatic carboxylic acids is 1. The number of aliphatic hydroxyl groups is 1. The lowest BCUT2D eigenvalue weighted by Gasteiger charge is -2.71. The van der Waals surface area contributed by atoms with Crippen molar-refractivity contribution in [3.8, 4) is 0 Å². The first-order valence-electron chi connectivity index (χ1n) is 18.1. The first kappa shape index (κ1) is 34.0. The monoisotopic (exact) mass is 636 g/mol. The lowest BCUT2D eigenvalue weighted by atomic mass is 9.33. The highest BCUT2D eigenvalue weighted by atomic mass is 16.5. The number of hydrogen-bond donors (Lipinski definition) is 2. The molecule has 256 valence electrons. The van der Waals surface area contributed by atoms with Gasteiger partial charge in [0.1, 0.15) is 5.76 Å². The molecule has 0 bridgehead atoms. The van der Waals surface area contributed by atoms with E-state index in [1.54, 1.807) is 6.92 Å². The van der Waals surface area contributed by atoms with E-state index in [4.69, 9.17) is 9.47 Å². The van der Waals surface area contributed by atoms with Crippen molar-refractivity contribution in [2.45, 2.75) is 139 Å². The van der Waals surface area contributed by atoms with Gasteiger partial charge in [-0.3, -0.25) is 9.59 Å². The summed E-state index contributed by atoms with van der Waals surface area (Å²) in [6.07, 6.45) is 14.4. The van der Waals surface area contributed by atoms with Gasteiger partial charge in [0, 0.05) is 6.42 Å². The SMILES string of the molecule is CC=C1COC(C=C(C)OC(=O)C2CC3(C(=O)O)CCC4(C)C(=CCC5C6(C)CCC(O)C(C)(C)C6CCC54C)C3CC2(C)C)C1. The minimum Gasteiger partial charge on any atom is -0.481 e. The summed E-state index contributed by atoms with van der Waals surface area (Å²) in [6.45, 7) is 20.7. The van der Waals surface area contributed by atoms with Crippen molar-refractivity contribution in [1.82, 2.24) is 0 Å². The number of carbonyl (C=O) groups is 2. The molecule has 5 fully saturated rings. The first-order chi connectivity index (χ1) is 21.4. The fourth-order valence-electron chi connectivity index (χ4n) is 12.5. The molecule has 0 spiro atoms. The third-order valence-electron chi connectivity index (χ3n) is 15.6. The van der Waals surface area contributed by atoms with Gasteiger partial charge in [0.2, 0.25) is 0 Å². The van der Waals surface area contributed by atoms with Gasteiger partial charge in [0.25, 0.3) is 0 Å². The number of carboxylic acid groups (broad SMARTS) is 1. The van der Waals surface area contributed by atoms with Crippen LogP contribution in [0.25, 0.3) is 0 Å². The third-order valence-corrected chi connectivity index (χ3v) is 15.6. The maximum Gasteiger partial charge on any atom is 0.314 e. The molecule has 6 rings (SSSR count). The van der Waals surface area contributed by atoms with Gasteiger partial charge in [-0.05, 0) is 128 Å². The summed E-state index contributed by atoms with van der Waals surface area (Å²) in [5.41, 5.74) is 1.22. The van der Waals surface area contributed by atoms with Crippen LogP contribution in [-0.4, -0.2) is 41.0 Å². The van der Waals surface area contributed by atoms with Crippen LogP contribution >= 0.6 is 0 Å². The second-order valence-corrected chi connectivity index (χ2v) is 18.3. The molecule has 0 aromatic carbocycles. The van der Waals surface area contributed by atoms with Gasteiger partial charge in [0.05, 0.1) is 30.1 Å². The Hall–Kier alpha value is -1.92. The number of carbonyl (C=O) groups excluding carboxylic acids is 1.